The number of amides is 1. The number of likely N-dealkylation sites (tertiary alicyclic amines) is 1. The molecular formula is C25H29N3O6. The van der Waals surface area contributed by atoms with Gasteiger partial charge in [0.15, 0.2) is 0 Å². The van der Waals surface area contributed by atoms with Gasteiger partial charge in [-0.15, -0.1) is 0 Å². The molecule has 34 heavy (non-hydrogen) atoms. The van der Waals surface area contributed by atoms with E-state index in [1.807, 2.05) is 20.8 Å². The fourth-order valence-electron chi connectivity index (χ4n) is 4.08. The number of carbonyl (C=O) groups is 2. The number of ketones is 1. The molecule has 1 fully saturated rings. The Morgan fingerprint density at radius 2 is 1.79 bits per heavy atom. The van der Waals surface area contributed by atoms with Crippen LogP contribution in [-0.2, 0) is 9.59 Å². The van der Waals surface area contributed by atoms with Crippen molar-refractivity contribution in [3.63, 3.8) is 0 Å². The van der Waals surface area contributed by atoms with Gasteiger partial charge in [-0.25, -0.2) is 0 Å². The summed E-state index contributed by atoms with van der Waals surface area (Å²) in [6, 6.07) is 11.5. The number of rotatable bonds is 10. The molecular weight excluding hydrogens is 438 g/mol. The molecule has 180 valence electrons. The number of nitrogens with zero attached hydrogens (tertiary/aromatic N) is 3. The van der Waals surface area contributed by atoms with Crippen molar-refractivity contribution in [2.75, 3.05) is 32.8 Å². The maximum Gasteiger partial charge on any atom is 0.295 e. The van der Waals surface area contributed by atoms with Crippen LogP contribution in [0.1, 0.15) is 37.9 Å². The molecule has 3 rings (SSSR count). The van der Waals surface area contributed by atoms with E-state index in [2.05, 4.69) is 4.90 Å². The summed E-state index contributed by atoms with van der Waals surface area (Å²) in [5.41, 5.74) is 0.701. The molecule has 0 aromatic heterocycles. The van der Waals surface area contributed by atoms with Gasteiger partial charge >= 0.3 is 0 Å². The third-order valence-electron chi connectivity index (χ3n) is 5.93. The number of nitro benzene ring substituents is 1. The summed E-state index contributed by atoms with van der Waals surface area (Å²) < 4.78 is 5.50. The van der Waals surface area contributed by atoms with Crippen molar-refractivity contribution in [1.29, 1.82) is 0 Å². The summed E-state index contributed by atoms with van der Waals surface area (Å²) in [5.74, 6) is -1.29. The second kappa shape index (κ2) is 10.9. The van der Waals surface area contributed by atoms with Crippen LogP contribution in [0.5, 0.6) is 5.75 Å². The van der Waals surface area contributed by atoms with Crippen molar-refractivity contribution in [2.24, 2.45) is 0 Å². The number of hydrogen-bond acceptors (Lipinski definition) is 7. The molecule has 0 saturated carbocycles. The Balaban J connectivity index is 2.10. The summed E-state index contributed by atoms with van der Waals surface area (Å²) in [6.07, 6.45) is 0. The van der Waals surface area contributed by atoms with Gasteiger partial charge in [-0.2, -0.15) is 0 Å². The summed E-state index contributed by atoms with van der Waals surface area (Å²) in [5, 5.41) is 22.3. The van der Waals surface area contributed by atoms with E-state index < -0.39 is 22.7 Å². The molecule has 0 aliphatic carbocycles. The SMILES string of the molecule is CCOc1cccc(/C(O)=C2\C(=O)C(=O)N(CCN(CC)CC)C2c2ccc([N+](=O)[O-])cc2)c1. The van der Waals surface area contributed by atoms with Crippen molar-refractivity contribution in [1.82, 2.24) is 9.80 Å². The highest BCUT2D eigenvalue weighted by Gasteiger charge is 2.46. The molecule has 0 bridgehead atoms. The molecule has 1 atom stereocenters. The van der Waals surface area contributed by atoms with Gasteiger partial charge in [0.1, 0.15) is 11.5 Å². The standard InChI is InChI=1S/C25H29N3O6/c1-4-26(5-2)14-15-27-22(17-10-12-19(13-11-17)28(32)33)21(24(30)25(27)31)23(29)18-8-7-9-20(16-18)34-6-3/h7-13,16,22,29H,4-6,14-15H2,1-3H3/b23-21+. The van der Waals surface area contributed by atoms with E-state index in [1.54, 1.807) is 24.3 Å². The van der Waals surface area contributed by atoms with Crippen LogP contribution in [0, 0.1) is 10.1 Å². The highest BCUT2D eigenvalue weighted by Crippen LogP contribution is 2.40. The molecule has 9 nitrogen and oxygen atoms in total. The van der Waals surface area contributed by atoms with Crippen LogP contribution in [0.4, 0.5) is 5.69 Å². The van der Waals surface area contributed by atoms with E-state index in [0.29, 0.717) is 30.0 Å². The Hall–Kier alpha value is -3.72. The minimum atomic E-state index is -0.868. The van der Waals surface area contributed by atoms with E-state index in [9.17, 15) is 24.8 Å². The lowest BCUT2D eigenvalue weighted by molar-refractivity contribution is -0.384. The van der Waals surface area contributed by atoms with Gasteiger partial charge in [0, 0.05) is 30.8 Å². The highest BCUT2D eigenvalue weighted by molar-refractivity contribution is 6.46. The summed E-state index contributed by atoms with van der Waals surface area (Å²) >= 11 is 0. The zero-order chi connectivity index (χ0) is 24.8. The number of benzene rings is 2. The molecule has 1 aliphatic rings. The number of Topliss-reactive ketones (excluding diaryl/α,β-unsaturated/α-hetero) is 1. The van der Waals surface area contributed by atoms with E-state index in [0.717, 1.165) is 13.1 Å². The second-order valence-electron chi connectivity index (χ2n) is 7.83. The van der Waals surface area contributed by atoms with Crippen molar-refractivity contribution in [3.05, 3.63) is 75.3 Å². The average Bonchev–Trinajstić information content (AvgIpc) is 3.09. The minimum Gasteiger partial charge on any atom is -0.507 e. The summed E-state index contributed by atoms with van der Waals surface area (Å²) in [6.45, 7) is 8.67. The van der Waals surface area contributed by atoms with E-state index in [4.69, 9.17) is 4.74 Å². The molecule has 1 N–H and O–H groups in total. The van der Waals surface area contributed by atoms with Crippen LogP contribution < -0.4 is 4.74 Å². The van der Waals surface area contributed by atoms with Gasteiger partial charge in [0.2, 0.25) is 0 Å². The number of aliphatic hydroxyl groups is 1. The van der Waals surface area contributed by atoms with Crippen molar-refractivity contribution < 1.29 is 24.4 Å². The summed E-state index contributed by atoms with van der Waals surface area (Å²) in [7, 11) is 0. The fraction of sp³-hybridized carbons (Fsp3) is 0.360. The lowest BCUT2D eigenvalue weighted by Gasteiger charge is -2.28. The molecule has 2 aromatic carbocycles. The van der Waals surface area contributed by atoms with Gasteiger partial charge in [-0.05, 0) is 49.8 Å². The number of ether oxygens (including phenoxy) is 1. The minimum absolute atomic E-state index is 0.0490. The van der Waals surface area contributed by atoms with E-state index in [-0.39, 0.29) is 23.6 Å². The molecule has 1 unspecified atom stereocenters. The number of carbonyl (C=O) groups excluding carboxylic acids is 2. The topological polar surface area (TPSA) is 113 Å². The van der Waals surface area contributed by atoms with Crippen LogP contribution in [-0.4, -0.2) is 64.3 Å². The second-order valence-corrected chi connectivity index (χ2v) is 7.83. The number of non-ortho nitro benzene ring substituents is 1. The lowest BCUT2D eigenvalue weighted by Crippen LogP contribution is -2.38. The molecule has 1 aliphatic heterocycles. The molecule has 0 spiro atoms. The smallest absolute Gasteiger partial charge is 0.295 e. The van der Waals surface area contributed by atoms with Crippen molar-refractivity contribution in [2.45, 2.75) is 26.8 Å². The van der Waals surface area contributed by atoms with Crippen molar-refractivity contribution in [3.8, 4) is 5.75 Å². The lowest BCUT2D eigenvalue weighted by atomic mass is 9.95. The third-order valence-corrected chi connectivity index (χ3v) is 5.93. The maximum atomic E-state index is 13.1. The Bertz CT molecular complexity index is 1090. The third kappa shape index (κ3) is 5.09. The molecule has 0 radical (unpaired) electrons. The van der Waals surface area contributed by atoms with E-state index in [1.165, 1.54) is 29.2 Å². The monoisotopic (exact) mass is 467 g/mol. The molecule has 1 heterocycles. The van der Waals surface area contributed by atoms with Crippen LogP contribution in [0.15, 0.2) is 54.1 Å². The normalized spacial score (nSPS) is 17.4. The number of hydrogen-bond donors (Lipinski definition) is 1. The quantitative estimate of drug-likeness (QED) is 0.186. The Labute approximate surface area is 198 Å². The van der Waals surface area contributed by atoms with Crippen LogP contribution >= 0.6 is 0 Å². The Morgan fingerprint density at radius 3 is 2.38 bits per heavy atom. The number of nitro groups is 1. The van der Waals surface area contributed by atoms with Crippen LogP contribution in [0.25, 0.3) is 5.76 Å². The van der Waals surface area contributed by atoms with Crippen LogP contribution in [0.3, 0.4) is 0 Å². The maximum absolute atomic E-state index is 13.1. The van der Waals surface area contributed by atoms with Gasteiger partial charge < -0.3 is 19.6 Å². The van der Waals surface area contributed by atoms with Crippen LogP contribution in [0.2, 0.25) is 0 Å². The largest absolute Gasteiger partial charge is 0.507 e. The van der Waals surface area contributed by atoms with Gasteiger partial charge in [-0.3, -0.25) is 19.7 Å². The average molecular weight is 468 g/mol. The van der Waals surface area contributed by atoms with Gasteiger partial charge in [0.25, 0.3) is 17.4 Å². The number of likely N-dealkylation sites (N-methyl/N-ethyl adjacent to an activating group) is 1. The molecule has 2 aromatic rings. The predicted octanol–water partition coefficient (Wildman–Crippen LogP) is 3.76. The Morgan fingerprint density at radius 1 is 1.12 bits per heavy atom. The first-order chi connectivity index (χ1) is 16.3. The number of aliphatic hydroxyl groups excluding tert-OH is 1. The first kappa shape index (κ1) is 24.9. The van der Waals surface area contributed by atoms with Crippen molar-refractivity contribution >= 4 is 23.1 Å². The van der Waals surface area contributed by atoms with Gasteiger partial charge in [0.05, 0.1) is 23.1 Å². The zero-order valence-corrected chi connectivity index (χ0v) is 19.6. The summed E-state index contributed by atoms with van der Waals surface area (Å²) in [4.78, 5) is 40.3. The molecule has 1 amide bonds. The van der Waals surface area contributed by atoms with E-state index >= 15 is 0 Å². The fourth-order valence-corrected chi connectivity index (χ4v) is 4.08. The first-order valence-corrected chi connectivity index (χ1v) is 11.3. The predicted molar refractivity (Wildman–Crippen MR) is 128 cm³/mol. The first-order valence-electron chi connectivity index (χ1n) is 11.3. The Kier molecular flexibility index (Phi) is 8.01. The highest BCUT2D eigenvalue weighted by atomic mass is 16.6. The molecule has 9 heteroatoms. The van der Waals surface area contributed by atoms with Gasteiger partial charge in [-0.1, -0.05) is 26.0 Å². The molecule has 1 saturated heterocycles. The zero-order valence-electron chi connectivity index (χ0n) is 19.6.